The van der Waals surface area contributed by atoms with Crippen LogP contribution in [0.1, 0.15) is 70.4 Å². The van der Waals surface area contributed by atoms with Gasteiger partial charge in [0.1, 0.15) is 35.2 Å². The number of ether oxygens (including phenoxy) is 1. The summed E-state index contributed by atoms with van der Waals surface area (Å²) in [4.78, 5) is 33.8. The molecule has 0 spiro atoms. The van der Waals surface area contributed by atoms with E-state index in [9.17, 15) is 35.9 Å². The van der Waals surface area contributed by atoms with Crippen LogP contribution in [0, 0.1) is 13.8 Å². The lowest BCUT2D eigenvalue weighted by Crippen LogP contribution is -2.26. The van der Waals surface area contributed by atoms with Crippen LogP contribution in [0.3, 0.4) is 0 Å². The second-order valence-electron chi connectivity index (χ2n) is 16.5. The molecule has 350 valence electrons. The number of amides is 2. The van der Waals surface area contributed by atoms with E-state index in [2.05, 4.69) is 47.2 Å². The first-order valence-electron chi connectivity index (χ1n) is 21.4. The molecule has 7 aromatic rings. The number of carbonyl (C=O) groups is 2. The second-order valence-corrected chi connectivity index (χ2v) is 17.9. The normalized spacial score (nSPS) is 13.8. The molecule has 2 fully saturated rings. The van der Waals surface area contributed by atoms with Gasteiger partial charge in [0, 0.05) is 69.3 Å². The van der Waals surface area contributed by atoms with E-state index >= 15 is 0 Å². The van der Waals surface area contributed by atoms with Crippen LogP contribution in [0.2, 0.25) is 5.02 Å². The maximum absolute atomic E-state index is 12.8. The van der Waals surface area contributed by atoms with Crippen molar-refractivity contribution in [1.82, 2.24) is 29.7 Å². The highest BCUT2D eigenvalue weighted by molar-refractivity contribution is 9.10. The van der Waals surface area contributed by atoms with Crippen LogP contribution in [0.25, 0.3) is 33.4 Å². The predicted molar refractivity (Wildman–Crippen MR) is 250 cm³/mol. The van der Waals surface area contributed by atoms with Gasteiger partial charge in [-0.2, -0.15) is 26.3 Å². The summed E-state index contributed by atoms with van der Waals surface area (Å²) in [6, 6.07) is 25.3. The number of anilines is 2. The second kappa shape index (κ2) is 19.5. The number of fused-ring (bicyclic) bond motifs is 2. The van der Waals surface area contributed by atoms with Gasteiger partial charge in [0.05, 0.1) is 35.2 Å². The largest absolute Gasteiger partial charge is 0.457 e. The van der Waals surface area contributed by atoms with E-state index < -0.39 is 25.2 Å². The van der Waals surface area contributed by atoms with Crippen LogP contribution in [0.4, 0.5) is 37.7 Å². The van der Waals surface area contributed by atoms with Crippen molar-refractivity contribution in [3.05, 3.63) is 129 Å². The molecule has 2 aliphatic carbocycles. The van der Waals surface area contributed by atoms with Crippen LogP contribution in [-0.4, -0.2) is 68.4 Å². The van der Waals surface area contributed by atoms with Crippen LogP contribution in [0.5, 0.6) is 11.5 Å². The number of alkyl halides is 6. The van der Waals surface area contributed by atoms with E-state index in [0.29, 0.717) is 55.6 Å². The standard InChI is InChI=1S/C27H24ClF3N4O2.C21H20BrF3N4O/c1-16-12-19(6-9-22(16)26(36)34-18-4-5-18)35-15-33-25-23(32-11-10-27(29,30)31)13-21(14-24(25)35)37-20-7-2-17(28)3-8-20;1-12-8-15(4-5-16(12)20(30)28-14-2-3-14)29-11-27-19-17(9-13(22)10-18(19)29)26-7-6-21(23,24)25/h2-3,6-9,12-15,18,32H,4-5,10-11H2,1H3,(H,34,36);4-5,8-11,14,26H,2-3,6-7H2,1H3,(H,28,30). The van der Waals surface area contributed by atoms with Crippen molar-refractivity contribution in [2.24, 2.45) is 0 Å². The Morgan fingerprint density at radius 3 is 1.57 bits per heavy atom. The fourth-order valence-corrected chi connectivity index (χ4v) is 7.89. The van der Waals surface area contributed by atoms with E-state index in [-0.39, 0.29) is 37.0 Å². The molecule has 11 nitrogen and oxygen atoms in total. The molecule has 67 heavy (non-hydrogen) atoms. The van der Waals surface area contributed by atoms with Crippen LogP contribution < -0.4 is 26.0 Å². The molecule has 2 saturated carbocycles. The summed E-state index contributed by atoms with van der Waals surface area (Å²) in [7, 11) is 0. The summed E-state index contributed by atoms with van der Waals surface area (Å²) in [6.07, 6.45) is -3.12. The molecular weight excluding hydrogens is 966 g/mol. The quantitative estimate of drug-likeness (QED) is 0.0799. The average molecular weight is 1010 g/mol. The zero-order valence-electron chi connectivity index (χ0n) is 36.1. The van der Waals surface area contributed by atoms with Crippen molar-refractivity contribution >= 4 is 72.8 Å². The Morgan fingerprint density at radius 2 is 1.12 bits per heavy atom. The van der Waals surface area contributed by atoms with Crippen LogP contribution in [-0.2, 0) is 0 Å². The number of nitrogens with one attached hydrogen (secondary N) is 4. The van der Waals surface area contributed by atoms with E-state index in [1.54, 1.807) is 67.3 Å². The zero-order chi connectivity index (χ0) is 47.6. The van der Waals surface area contributed by atoms with Crippen molar-refractivity contribution in [2.45, 2.75) is 76.8 Å². The van der Waals surface area contributed by atoms with Crippen molar-refractivity contribution in [3.8, 4) is 22.9 Å². The van der Waals surface area contributed by atoms with E-state index in [1.807, 2.05) is 53.3 Å². The maximum Gasteiger partial charge on any atom is 0.390 e. The number of halogens is 8. The predicted octanol–water partition coefficient (Wildman–Crippen LogP) is 12.4. The molecule has 0 atom stereocenters. The molecule has 0 saturated heterocycles. The molecule has 0 radical (unpaired) electrons. The van der Waals surface area contributed by atoms with E-state index in [0.717, 1.165) is 58.2 Å². The minimum Gasteiger partial charge on any atom is -0.457 e. The SMILES string of the molecule is Cc1cc(-n2cnc3c(NCCC(F)(F)F)cc(Br)cc32)ccc1C(=O)NC1CC1.Cc1cc(-n2cnc3c(NCCC(F)(F)F)cc(Oc4ccc(Cl)cc4)cc32)ccc1C(=O)NC1CC1. The van der Waals surface area contributed by atoms with Crippen LogP contribution in [0.15, 0.2) is 102 Å². The molecule has 2 heterocycles. The number of hydrogen-bond acceptors (Lipinski definition) is 7. The summed E-state index contributed by atoms with van der Waals surface area (Å²) < 4.78 is 86.1. The molecule has 2 amide bonds. The summed E-state index contributed by atoms with van der Waals surface area (Å²) >= 11 is 9.39. The van der Waals surface area contributed by atoms with Gasteiger partial charge in [-0.25, -0.2) is 9.97 Å². The van der Waals surface area contributed by atoms with Gasteiger partial charge < -0.3 is 26.0 Å². The van der Waals surface area contributed by atoms with Crippen molar-refractivity contribution in [2.75, 3.05) is 23.7 Å². The summed E-state index contributed by atoms with van der Waals surface area (Å²) in [5.41, 5.74) is 7.84. The molecule has 2 aliphatic rings. The fourth-order valence-electron chi connectivity index (χ4n) is 7.32. The van der Waals surface area contributed by atoms with E-state index in [1.165, 1.54) is 0 Å². The minimum absolute atomic E-state index is 0.0732. The molecule has 0 bridgehead atoms. The molecule has 0 aliphatic heterocycles. The number of carbonyl (C=O) groups excluding carboxylic acids is 2. The molecule has 19 heteroatoms. The highest BCUT2D eigenvalue weighted by atomic mass is 79.9. The Morgan fingerprint density at radius 1 is 0.657 bits per heavy atom. The Labute approximate surface area is 394 Å². The smallest absolute Gasteiger partial charge is 0.390 e. The van der Waals surface area contributed by atoms with Crippen LogP contribution >= 0.6 is 27.5 Å². The highest BCUT2D eigenvalue weighted by Gasteiger charge is 2.29. The lowest BCUT2D eigenvalue weighted by atomic mass is 10.1. The fraction of sp³-hybridized carbons (Fsp3) is 0.292. The van der Waals surface area contributed by atoms with E-state index in [4.69, 9.17) is 16.3 Å². The monoisotopic (exact) mass is 1010 g/mol. The molecule has 2 aromatic heterocycles. The van der Waals surface area contributed by atoms with Gasteiger partial charge in [0.15, 0.2) is 0 Å². The van der Waals surface area contributed by atoms with Gasteiger partial charge in [-0.05, 0) is 123 Å². The number of benzene rings is 5. The lowest BCUT2D eigenvalue weighted by molar-refractivity contribution is -0.132. The van der Waals surface area contributed by atoms with Gasteiger partial charge in [-0.15, -0.1) is 0 Å². The molecule has 0 unspecified atom stereocenters. The number of imidazole rings is 2. The Bertz CT molecular complexity index is 2950. The number of hydrogen-bond donors (Lipinski definition) is 4. The van der Waals surface area contributed by atoms with Gasteiger partial charge in [0.25, 0.3) is 11.8 Å². The van der Waals surface area contributed by atoms with Crippen molar-refractivity contribution in [3.63, 3.8) is 0 Å². The molecule has 4 N–H and O–H groups in total. The lowest BCUT2D eigenvalue weighted by Gasteiger charge is -2.14. The van der Waals surface area contributed by atoms with Gasteiger partial charge in [-0.3, -0.25) is 18.7 Å². The summed E-state index contributed by atoms with van der Waals surface area (Å²) in [6.45, 7) is 3.21. The first-order chi connectivity index (χ1) is 31.9. The molecule has 9 rings (SSSR count). The van der Waals surface area contributed by atoms with Crippen molar-refractivity contribution < 1.29 is 40.7 Å². The Hall–Kier alpha value is -6.27. The number of nitrogens with zero attached hydrogens (tertiary/aromatic N) is 4. The summed E-state index contributed by atoms with van der Waals surface area (Å²) in [5, 5.41) is 12.2. The zero-order valence-corrected chi connectivity index (χ0v) is 38.4. The number of rotatable bonds is 14. The van der Waals surface area contributed by atoms with Crippen molar-refractivity contribution in [1.29, 1.82) is 0 Å². The average Bonchev–Trinajstić information content (AvgIpc) is 4.17. The third-order valence-electron chi connectivity index (χ3n) is 11.0. The Balaban J connectivity index is 0.000000186. The number of aromatic nitrogens is 4. The third-order valence-corrected chi connectivity index (χ3v) is 11.7. The maximum atomic E-state index is 12.8. The van der Waals surface area contributed by atoms with Gasteiger partial charge in [0.2, 0.25) is 0 Å². The molecular formula is C48H44BrClF6N8O3. The Kier molecular flexibility index (Phi) is 13.8. The van der Waals surface area contributed by atoms with Gasteiger partial charge in [-0.1, -0.05) is 27.5 Å². The topological polar surface area (TPSA) is 127 Å². The summed E-state index contributed by atoms with van der Waals surface area (Å²) in [5.74, 6) is 0.772. The third kappa shape index (κ3) is 12.2. The van der Waals surface area contributed by atoms with Gasteiger partial charge >= 0.3 is 12.4 Å². The number of aryl methyl sites for hydroxylation is 2. The first kappa shape index (κ1) is 47.2. The first-order valence-corrected chi connectivity index (χ1v) is 22.6. The highest BCUT2D eigenvalue weighted by Crippen LogP contribution is 2.35. The minimum atomic E-state index is -4.28. The molecule has 5 aromatic carbocycles.